The van der Waals surface area contributed by atoms with E-state index in [4.69, 9.17) is 0 Å². The molecule has 0 bridgehead atoms. The molecule has 1 aliphatic rings. The van der Waals surface area contributed by atoms with Crippen molar-refractivity contribution in [2.75, 3.05) is 0 Å². The molecular formula is C12H6N2O4. The first kappa shape index (κ1) is 10.4. The summed E-state index contributed by atoms with van der Waals surface area (Å²) in [6.45, 7) is 0. The predicted molar refractivity (Wildman–Crippen MR) is 60.5 cm³/mol. The standard InChI is InChI=1S/C12H6N2O4/c15-9-7-8(10(16)12(18)11(9)17)14-6-4-2-1-3-5(6)13-7/h1-4,17-18H. The summed E-state index contributed by atoms with van der Waals surface area (Å²) in [4.78, 5) is 31.4. The molecule has 1 aromatic heterocycles. The van der Waals surface area contributed by atoms with E-state index in [2.05, 4.69) is 9.97 Å². The van der Waals surface area contributed by atoms with Crippen molar-refractivity contribution in [2.45, 2.75) is 0 Å². The fourth-order valence-electron chi connectivity index (χ4n) is 1.76. The van der Waals surface area contributed by atoms with Gasteiger partial charge in [0.05, 0.1) is 11.0 Å². The van der Waals surface area contributed by atoms with E-state index < -0.39 is 23.1 Å². The molecule has 1 aliphatic carbocycles. The molecule has 0 aliphatic heterocycles. The smallest absolute Gasteiger partial charge is 0.252 e. The van der Waals surface area contributed by atoms with Crippen molar-refractivity contribution in [3.63, 3.8) is 0 Å². The maximum absolute atomic E-state index is 11.7. The predicted octanol–water partition coefficient (Wildman–Crippen LogP) is 1.34. The fourth-order valence-corrected chi connectivity index (χ4v) is 1.76. The number of nitrogens with zero attached hydrogens (tertiary/aromatic N) is 2. The number of para-hydroxylation sites is 2. The van der Waals surface area contributed by atoms with E-state index >= 15 is 0 Å². The molecule has 3 rings (SSSR count). The van der Waals surface area contributed by atoms with Crippen molar-refractivity contribution in [3.05, 3.63) is 47.2 Å². The molecule has 1 aromatic carbocycles. The summed E-state index contributed by atoms with van der Waals surface area (Å²) in [5.41, 5.74) is 0.390. The number of allylic oxidation sites excluding steroid dienone is 2. The van der Waals surface area contributed by atoms with Gasteiger partial charge in [-0.3, -0.25) is 9.59 Å². The van der Waals surface area contributed by atoms with Crippen LogP contribution < -0.4 is 0 Å². The van der Waals surface area contributed by atoms with Gasteiger partial charge in [0.1, 0.15) is 11.4 Å². The lowest BCUT2D eigenvalue weighted by Crippen LogP contribution is -2.24. The molecule has 6 nitrogen and oxygen atoms in total. The summed E-state index contributed by atoms with van der Waals surface area (Å²) >= 11 is 0. The summed E-state index contributed by atoms with van der Waals surface area (Å²) in [6.07, 6.45) is 0. The average Bonchev–Trinajstić information content (AvgIpc) is 2.41. The van der Waals surface area contributed by atoms with E-state index in [0.717, 1.165) is 0 Å². The molecule has 1 heterocycles. The molecule has 2 N–H and O–H groups in total. The highest BCUT2D eigenvalue weighted by Gasteiger charge is 2.35. The zero-order chi connectivity index (χ0) is 12.9. The third kappa shape index (κ3) is 1.22. The number of hydrogen-bond donors (Lipinski definition) is 2. The maximum atomic E-state index is 11.7. The van der Waals surface area contributed by atoms with Gasteiger partial charge in [-0.25, -0.2) is 9.97 Å². The number of aliphatic hydroxyl groups excluding tert-OH is 2. The highest BCUT2D eigenvalue weighted by atomic mass is 16.3. The first-order chi connectivity index (χ1) is 8.59. The summed E-state index contributed by atoms with van der Waals surface area (Å²) in [5.74, 6) is -3.78. The lowest BCUT2D eigenvalue weighted by molar-refractivity contribution is 0.0873. The van der Waals surface area contributed by atoms with Gasteiger partial charge in [0.15, 0.2) is 0 Å². The van der Waals surface area contributed by atoms with E-state index in [9.17, 15) is 19.8 Å². The lowest BCUT2D eigenvalue weighted by atomic mass is 10.0. The average molecular weight is 242 g/mol. The number of benzene rings is 1. The number of carbonyl (C=O) groups is 2. The van der Waals surface area contributed by atoms with Crippen LogP contribution in [0.3, 0.4) is 0 Å². The van der Waals surface area contributed by atoms with Crippen molar-refractivity contribution in [2.24, 2.45) is 0 Å². The SMILES string of the molecule is O=C1C(O)=C(O)C(=O)c2nc3ccccc3nc21. The molecule has 88 valence electrons. The van der Waals surface area contributed by atoms with Crippen LogP contribution in [0.4, 0.5) is 0 Å². The Morgan fingerprint density at radius 3 is 1.56 bits per heavy atom. The maximum Gasteiger partial charge on any atom is 0.252 e. The van der Waals surface area contributed by atoms with Crippen molar-refractivity contribution in [3.8, 4) is 0 Å². The molecule has 6 heteroatoms. The number of Topliss-reactive ketones (excluding diaryl/α,β-unsaturated/α-hetero) is 2. The van der Waals surface area contributed by atoms with Crippen molar-refractivity contribution in [1.82, 2.24) is 9.97 Å². The van der Waals surface area contributed by atoms with Gasteiger partial charge in [0, 0.05) is 0 Å². The summed E-state index contributed by atoms with van der Waals surface area (Å²) in [5, 5.41) is 18.7. The highest BCUT2D eigenvalue weighted by Crippen LogP contribution is 2.23. The molecule has 0 unspecified atom stereocenters. The Kier molecular flexibility index (Phi) is 1.94. The molecule has 18 heavy (non-hydrogen) atoms. The Morgan fingerprint density at radius 1 is 0.778 bits per heavy atom. The second-order valence-corrected chi connectivity index (χ2v) is 3.76. The summed E-state index contributed by atoms with van der Waals surface area (Å²) in [6, 6.07) is 6.70. The van der Waals surface area contributed by atoms with Crippen LogP contribution in [0, 0.1) is 0 Å². The van der Waals surface area contributed by atoms with Crippen LogP contribution in [-0.4, -0.2) is 31.7 Å². The van der Waals surface area contributed by atoms with E-state index in [1.54, 1.807) is 24.3 Å². The zero-order valence-electron chi connectivity index (χ0n) is 8.91. The van der Waals surface area contributed by atoms with Crippen molar-refractivity contribution >= 4 is 22.6 Å². The number of aromatic nitrogens is 2. The summed E-state index contributed by atoms with van der Waals surface area (Å²) < 4.78 is 0. The second-order valence-electron chi connectivity index (χ2n) is 3.76. The van der Waals surface area contributed by atoms with Gasteiger partial charge < -0.3 is 10.2 Å². The van der Waals surface area contributed by atoms with Gasteiger partial charge in [-0.15, -0.1) is 0 Å². The third-order valence-electron chi connectivity index (χ3n) is 2.66. The van der Waals surface area contributed by atoms with Gasteiger partial charge in [-0.1, -0.05) is 12.1 Å². The molecule has 0 atom stereocenters. The molecule has 0 saturated heterocycles. The quantitative estimate of drug-likeness (QED) is 0.722. The van der Waals surface area contributed by atoms with Crippen LogP contribution in [0.15, 0.2) is 35.8 Å². The van der Waals surface area contributed by atoms with Gasteiger partial charge in [-0.2, -0.15) is 0 Å². The topological polar surface area (TPSA) is 100 Å². The minimum atomic E-state index is -0.989. The molecule has 0 radical (unpaired) electrons. The Morgan fingerprint density at radius 2 is 1.17 bits per heavy atom. The minimum absolute atomic E-state index is 0.242. The van der Waals surface area contributed by atoms with Gasteiger partial charge in [-0.05, 0) is 12.1 Å². The number of ketones is 2. The molecule has 0 amide bonds. The Bertz CT molecular complexity index is 686. The number of rotatable bonds is 0. The van der Waals surface area contributed by atoms with Gasteiger partial charge >= 0.3 is 0 Å². The van der Waals surface area contributed by atoms with Crippen LogP contribution >= 0.6 is 0 Å². The van der Waals surface area contributed by atoms with Crippen LogP contribution in [0.25, 0.3) is 11.0 Å². The number of hydrogen-bond acceptors (Lipinski definition) is 6. The molecule has 0 spiro atoms. The Hall–Kier alpha value is -2.76. The zero-order valence-corrected chi connectivity index (χ0v) is 8.91. The van der Waals surface area contributed by atoms with Crippen molar-refractivity contribution < 1.29 is 19.8 Å². The Balaban J connectivity index is 2.38. The number of carbonyl (C=O) groups excluding carboxylic acids is 2. The first-order valence-corrected chi connectivity index (χ1v) is 5.08. The van der Waals surface area contributed by atoms with E-state index in [0.29, 0.717) is 11.0 Å². The van der Waals surface area contributed by atoms with Crippen LogP contribution in [0.1, 0.15) is 21.0 Å². The fraction of sp³-hybridized carbons (Fsp3) is 0. The van der Waals surface area contributed by atoms with Gasteiger partial charge in [0.25, 0.3) is 11.6 Å². The van der Waals surface area contributed by atoms with Gasteiger partial charge in [0.2, 0.25) is 11.5 Å². The van der Waals surface area contributed by atoms with Crippen molar-refractivity contribution in [1.29, 1.82) is 0 Å². The summed E-state index contributed by atoms with van der Waals surface area (Å²) in [7, 11) is 0. The second kappa shape index (κ2) is 3.36. The monoisotopic (exact) mass is 242 g/mol. The molecule has 0 saturated carbocycles. The Labute approximate surface area is 100 Å². The number of fused-ring (bicyclic) bond motifs is 2. The number of aliphatic hydroxyl groups is 2. The third-order valence-corrected chi connectivity index (χ3v) is 2.66. The lowest BCUT2D eigenvalue weighted by Gasteiger charge is -2.12. The van der Waals surface area contributed by atoms with Crippen LogP contribution in [0.5, 0.6) is 0 Å². The molecular weight excluding hydrogens is 236 g/mol. The molecule has 0 fully saturated rings. The first-order valence-electron chi connectivity index (χ1n) is 5.08. The highest BCUT2D eigenvalue weighted by molar-refractivity contribution is 6.23. The minimum Gasteiger partial charge on any atom is -0.501 e. The largest absolute Gasteiger partial charge is 0.501 e. The molecule has 2 aromatic rings. The van der Waals surface area contributed by atoms with E-state index in [1.165, 1.54) is 0 Å². The van der Waals surface area contributed by atoms with Crippen LogP contribution in [0.2, 0.25) is 0 Å². The normalized spacial score (nSPS) is 15.1. The van der Waals surface area contributed by atoms with Crippen LogP contribution in [-0.2, 0) is 0 Å². The van der Waals surface area contributed by atoms with E-state index in [1.807, 2.05) is 0 Å². The van der Waals surface area contributed by atoms with E-state index in [-0.39, 0.29) is 11.4 Å².